The van der Waals surface area contributed by atoms with Gasteiger partial charge in [0, 0.05) is 23.4 Å². The van der Waals surface area contributed by atoms with Crippen molar-refractivity contribution in [3.63, 3.8) is 0 Å². The van der Waals surface area contributed by atoms with Crippen molar-refractivity contribution in [2.24, 2.45) is 0 Å². The molecule has 0 spiro atoms. The van der Waals surface area contributed by atoms with Crippen LogP contribution in [0, 0.1) is 0 Å². The Hall–Kier alpha value is -3.35. The fourth-order valence-electron chi connectivity index (χ4n) is 4.25. The van der Waals surface area contributed by atoms with Crippen LogP contribution in [0.4, 0.5) is 5.69 Å². The van der Waals surface area contributed by atoms with Gasteiger partial charge in [-0.3, -0.25) is 19.3 Å². The van der Waals surface area contributed by atoms with E-state index in [2.05, 4.69) is 5.32 Å². The smallest absolute Gasteiger partial charge is 0.261 e. The van der Waals surface area contributed by atoms with Gasteiger partial charge in [-0.25, -0.2) is 0 Å². The Morgan fingerprint density at radius 3 is 2.48 bits per heavy atom. The van der Waals surface area contributed by atoms with Gasteiger partial charge in [0.15, 0.2) is 11.5 Å². The zero-order chi connectivity index (χ0) is 20.0. The number of ether oxygens (including phenoxy) is 2. The Morgan fingerprint density at radius 1 is 0.897 bits per heavy atom. The number of nitrogens with zero attached hydrogens (tertiary/aromatic N) is 1. The van der Waals surface area contributed by atoms with Crippen molar-refractivity contribution in [3.05, 3.63) is 53.1 Å². The maximum atomic E-state index is 12.9. The summed E-state index contributed by atoms with van der Waals surface area (Å²) >= 11 is 0. The van der Waals surface area contributed by atoms with Crippen LogP contribution in [0.3, 0.4) is 0 Å². The lowest BCUT2D eigenvalue weighted by atomic mass is 9.94. The highest BCUT2D eigenvalue weighted by Gasteiger charge is 2.40. The van der Waals surface area contributed by atoms with E-state index in [0.29, 0.717) is 33.9 Å². The van der Waals surface area contributed by atoms with Crippen LogP contribution in [-0.4, -0.2) is 35.5 Å². The highest BCUT2D eigenvalue weighted by Crippen LogP contribution is 2.35. The van der Waals surface area contributed by atoms with E-state index in [1.807, 2.05) is 0 Å². The maximum absolute atomic E-state index is 12.9. The molecule has 3 amide bonds. The number of hydrogen-bond donors (Lipinski definition) is 1. The van der Waals surface area contributed by atoms with E-state index in [4.69, 9.17) is 9.47 Å². The lowest BCUT2D eigenvalue weighted by molar-refractivity contribution is 0.0548. The molecule has 0 aromatic heterocycles. The van der Waals surface area contributed by atoms with E-state index < -0.39 is 0 Å². The number of carbonyl (C=O) groups is 3. The summed E-state index contributed by atoms with van der Waals surface area (Å²) in [5.41, 5.74) is 1.57. The van der Waals surface area contributed by atoms with Crippen LogP contribution in [0.1, 0.15) is 63.2 Å². The van der Waals surface area contributed by atoms with E-state index in [9.17, 15) is 14.4 Å². The first-order chi connectivity index (χ1) is 14.1. The summed E-state index contributed by atoms with van der Waals surface area (Å²) in [6.45, 7) is 0.158. The van der Waals surface area contributed by atoms with Gasteiger partial charge in [-0.2, -0.15) is 0 Å². The summed E-state index contributed by atoms with van der Waals surface area (Å²) in [6.07, 6.45) is 4.90. The molecular formula is C22H20N2O5. The second kappa shape index (κ2) is 6.92. The van der Waals surface area contributed by atoms with E-state index in [1.165, 1.54) is 11.0 Å². The summed E-state index contributed by atoms with van der Waals surface area (Å²) in [5, 5.41) is 2.80. The Balaban J connectivity index is 1.37. The second-order valence-corrected chi connectivity index (χ2v) is 7.55. The van der Waals surface area contributed by atoms with Crippen LogP contribution in [-0.2, 0) is 0 Å². The van der Waals surface area contributed by atoms with Crippen molar-refractivity contribution in [1.82, 2.24) is 4.90 Å². The van der Waals surface area contributed by atoms with Crippen molar-refractivity contribution in [2.75, 3.05) is 12.1 Å². The van der Waals surface area contributed by atoms with Gasteiger partial charge in [-0.05, 0) is 43.2 Å². The Morgan fingerprint density at radius 2 is 1.66 bits per heavy atom. The van der Waals surface area contributed by atoms with Crippen LogP contribution in [0.25, 0.3) is 0 Å². The second-order valence-electron chi connectivity index (χ2n) is 7.55. The van der Waals surface area contributed by atoms with Gasteiger partial charge in [0.2, 0.25) is 6.79 Å². The van der Waals surface area contributed by atoms with Crippen LogP contribution in [0.2, 0.25) is 0 Å². The number of imide groups is 1. The van der Waals surface area contributed by atoms with Crippen LogP contribution < -0.4 is 14.8 Å². The quantitative estimate of drug-likeness (QED) is 0.807. The molecule has 2 aromatic carbocycles. The van der Waals surface area contributed by atoms with E-state index in [-0.39, 0.29) is 30.6 Å². The molecule has 0 radical (unpaired) electrons. The molecule has 0 saturated heterocycles. The molecule has 2 aliphatic heterocycles. The van der Waals surface area contributed by atoms with E-state index >= 15 is 0 Å². The van der Waals surface area contributed by atoms with Crippen molar-refractivity contribution in [2.45, 2.75) is 38.1 Å². The van der Waals surface area contributed by atoms with Gasteiger partial charge in [0.1, 0.15) is 0 Å². The maximum Gasteiger partial charge on any atom is 0.261 e. The van der Waals surface area contributed by atoms with Crippen molar-refractivity contribution < 1.29 is 23.9 Å². The normalized spacial score (nSPS) is 18.1. The lowest BCUT2D eigenvalue weighted by Crippen LogP contribution is -2.40. The number of hydrogen-bond acceptors (Lipinski definition) is 5. The first-order valence-corrected chi connectivity index (χ1v) is 9.85. The summed E-state index contributed by atoms with van der Waals surface area (Å²) in [6, 6.07) is 9.77. The van der Waals surface area contributed by atoms with E-state index in [0.717, 1.165) is 32.1 Å². The SMILES string of the molecule is O=C(Nc1ccc2c(c1)OCO2)c1ccc2c(c1)C(=O)N(C1CCCCC1)C2=O. The summed E-state index contributed by atoms with van der Waals surface area (Å²) in [5.74, 6) is 0.297. The fourth-order valence-corrected chi connectivity index (χ4v) is 4.25. The molecule has 2 heterocycles. The molecule has 1 N–H and O–H groups in total. The van der Waals surface area contributed by atoms with Crippen LogP contribution >= 0.6 is 0 Å². The Kier molecular flexibility index (Phi) is 4.23. The van der Waals surface area contributed by atoms with Crippen LogP contribution in [0.5, 0.6) is 11.5 Å². The summed E-state index contributed by atoms with van der Waals surface area (Å²) < 4.78 is 10.6. The average Bonchev–Trinajstić information content (AvgIpc) is 3.31. The number of nitrogens with one attached hydrogen (secondary N) is 1. The van der Waals surface area contributed by atoms with Crippen molar-refractivity contribution >= 4 is 23.4 Å². The molecule has 1 aliphatic carbocycles. The molecule has 7 heteroatoms. The minimum absolute atomic E-state index is 0.0398. The number of rotatable bonds is 3. The zero-order valence-corrected chi connectivity index (χ0v) is 15.8. The molecule has 5 rings (SSSR count). The van der Waals surface area contributed by atoms with Gasteiger partial charge >= 0.3 is 0 Å². The fraction of sp³-hybridized carbons (Fsp3) is 0.318. The number of amides is 3. The Labute approximate surface area is 167 Å². The van der Waals surface area contributed by atoms with Crippen LogP contribution in [0.15, 0.2) is 36.4 Å². The third kappa shape index (κ3) is 3.03. The molecule has 7 nitrogen and oxygen atoms in total. The molecule has 2 aromatic rings. The molecular weight excluding hydrogens is 372 g/mol. The molecule has 3 aliphatic rings. The lowest BCUT2D eigenvalue weighted by Gasteiger charge is -2.29. The van der Waals surface area contributed by atoms with Crippen molar-refractivity contribution in [1.29, 1.82) is 0 Å². The van der Waals surface area contributed by atoms with Gasteiger partial charge in [0.05, 0.1) is 11.1 Å². The summed E-state index contributed by atoms with van der Waals surface area (Å²) in [7, 11) is 0. The number of carbonyl (C=O) groups excluding carboxylic acids is 3. The van der Waals surface area contributed by atoms with Gasteiger partial charge in [-0.1, -0.05) is 19.3 Å². The third-order valence-corrected chi connectivity index (χ3v) is 5.75. The Bertz CT molecular complexity index is 1030. The van der Waals surface area contributed by atoms with E-state index in [1.54, 1.807) is 30.3 Å². The van der Waals surface area contributed by atoms with Gasteiger partial charge in [-0.15, -0.1) is 0 Å². The van der Waals surface area contributed by atoms with Gasteiger partial charge < -0.3 is 14.8 Å². The number of fused-ring (bicyclic) bond motifs is 2. The highest BCUT2D eigenvalue weighted by molar-refractivity contribution is 6.22. The number of benzene rings is 2. The molecule has 1 saturated carbocycles. The minimum Gasteiger partial charge on any atom is -0.454 e. The topological polar surface area (TPSA) is 84.9 Å². The molecule has 0 bridgehead atoms. The molecule has 148 valence electrons. The molecule has 29 heavy (non-hydrogen) atoms. The van der Waals surface area contributed by atoms with Gasteiger partial charge in [0.25, 0.3) is 17.7 Å². The third-order valence-electron chi connectivity index (χ3n) is 5.75. The average molecular weight is 392 g/mol. The highest BCUT2D eigenvalue weighted by atomic mass is 16.7. The summed E-state index contributed by atoms with van der Waals surface area (Å²) in [4.78, 5) is 39.8. The monoisotopic (exact) mass is 392 g/mol. The predicted molar refractivity (Wildman–Crippen MR) is 104 cm³/mol. The van der Waals surface area contributed by atoms with Crippen molar-refractivity contribution in [3.8, 4) is 11.5 Å². The standard InChI is InChI=1S/C22H20N2O5/c25-20(23-14-7-9-18-19(11-14)29-12-28-18)13-6-8-16-17(10-13)22(27)24(21(16)26)15-4-2-1-3-5-15/h6-11,15H,1-5,12H2,(H,23,25). The molecule has 0 atom stereocenters. The first kappa shape index (κ1) is 17.7. The zero-order valence-electron chi connectivity index (χ0n) is 15.8. The predicted octanol–water partition coefficient (Wildman–Crippen LogP) is 3.60. The largest absolute Gasteiger partial charge is 0.454 e. The molecule has 0 unspecified atom stereocenters. The number of anilines is 1. The minimum atomic E-state index is -0.358. The molecule has 1 fully saturated rings. The first-order valence-electron chi connectivity index (χ1n) is 9.85.